The highest BCUT2D eigenvalue weighted by Crippen LogP contribution is 2.22. The van der Waals surface area contributed by atoms with Gasteiger partial charge < -0.3 is 5.11 Å². The van der Waals surface area contributed by atoms with E-state index >= 15 is 0 Å². The molecular weight excluding hydrogens is 252 g/mol. The summed E-state index contributed by atoms with van der Waals surface area (Å²) in [5, 5.41) is 10.5. The number of hydrogen-bond acceptors (Lipinski definition) is 1. The van der Waals surface area contributed by atoms with E-state index in [0.717, 1.165) is 17.3 Å². The van der Waals surface area contributed by atoms with Crippen LogP contribution in [0.3, 0.4) is 0 Å². The number of halogens is 1. The average Bonchev–Trinajstić information content (AvgIpc) is 2.26. The lowest BCUT2D eigenvalue weighted by atomic mass is 10.0. The lowest BCUT2D eigenvalue weighted by molar-refractivity contribution is 0.466. The van der Waals surface area contributed by atoms with Crippen LogP contribution in [0, 0.1) is 0 Å². The molecule has 84 valence electrons. The molecule has 0 aliphatic carbocycles. The minimum Gasteiger partial charge on any atom is -0.508 e. The molecule has 2 heteroatoms. The molecule has 0 atom stereocenters. The van der Waals surface area contributed by atoms with Crippen molar-refractivity contribution in [3.8, 4) is 5.75 Å². The minimum absolute atomic E-state index is 0.441. The molecule has 0 saturated heterocycles. The van der Waals surface area contributed by atoms with Crippen LogP contribution in [0.25, 0.3) is 0 Å². The standard InChI is InChI=1S/C13H19BrO/c1-2-3-4-5-6-12-9-11(10-14)7-8-13(12)15/h7-9,15H,2-6,10H2,1H3. The van der Waals surface area contributed by atoms with Crippen molar-refractivity contribution in [3.05, 3.63) is 29.3 Å². The Balaban J connectivity index is 2.51. The molecule has 0 spiro atoms. The largest absolute Gasteiger partial charge is 0.508 e. The molecule has 1 aromatic carbocycles. The summed E-state index contributed by atoms with van der Waals surface area (Å²) in [6.07, 6.45) is 5.97. The van der Waals surface area contributed by atoms with E-state index in [1.54, 1.807) is 6.07 Å². The van der Waals surface area contributed by atoms with Gasteiger partial charge in [0.2, 0.25) is 0 Å². The number of phenols is 1. The van der Waals surface area contributed by atoms with E-state index in [2.05, 4.69) is 28.9 Å². The Kier molecular flexibility index (Phi) is 5.77. The zero-order valence-corrected chi connectivity index (χ0v) is 10.9. The van der Waals surface area contributed by atoms with E-state index < -0.39 is 0 Å². The predicted octanol–water partition coefficient (Wildman–Crippen LogP) is 4.41. The number of alkyl halides is 1. The van der Waals surface area contributed by atoms with Crippen LogP contribution in [0.4, 0.5) is 0 Å². The number of phenolic OH excluding ortho intramolecular Hbond substituents is 1. The van der Waals surface area contributed by atoms with Crippen molar-refractivity contribution >= 4 is 15.9 Å². The molecule has 15 heavy (non-hydrogen) atoms. The van der Waals surface area contributed by atoms with Crippen molar-refractivity contribution in [1.82, 2.24) is 0 Å². The van der Waals surface area contributed by atoms with Gasteiger partial charge in [0.05, 0.1) is 0 Å². The fraction of sp³-hybridized carbons (Fsp3) is 0.538. The smallest absolute Gasteiger partial charge is 0.118 e. The number of unbranched alkanes of at least 4 members (excludes halogenated alkanes) is 3. The number of rotatable bonds is 6. The second kappa shape index (κ2) is 6.89. The van der Waals surface area contributed by atoms with Gasteiger partial charge in [-0.25, -0.2) is 0 Å². The van der Waals surface area contributed by atoms with Crippen LogP contribution in [0.2, 0.25) is 0 Å². The summed E-state index contributed by atoms with van der Waals surface area (Å²) in [4.78, 5) is 0. The maximum absolute atomic E-state index is 9.67. The molecule has 1 nitrogen and oxygen atoms in total. The van der Waals surface area contributed by atoms with Gasteiger partial charge in [-0.15, -0.1) is 0 Å². The van der Waals surface area contributed by atoms with Crippen molar-refractivity contribution in [2.45, 2.75) is 44.4 Å². The van der Waals surface area contributed by atoms with Gasteiger partial charge in [-0.2, -0.15) is 0 Å². The van der Waals surface area contributed by atoms with Crippen LogP contribution in [-0.4, -0.2) is 5.11 Å². The van der Waals surface area contributed by atoms with Crippen LogP contribution < -0.4 is 0 Å². The molecule has 0 aliphatic rings. The first-order valence-corrected chi connectivity index (χ1v) is 6.76. The van der Waals surface area contributed by atoms with E-state index in [1.165, 1.54) is 31.2 Å². The lowest BCUT2D eigenvalue weighted by Gasteiger charge is -2.06. The van der Waals surface area contributed by atoms with Crippen LogP contribution in [0.15, 0.2) is 18.2 Å². The highest BCUT2D eigenvalue weighted by molar-refractivity contribution is 9.08. The zero-order chi connectivity index (χ0) is 11.1. The van der Waals surface area contributed by atoms with Gasteiger partial charge in [-0.1, -0.05) is 54.2 Å². The van der Waals surface area contributed by atoms with Crippen LogP contribution >= 0.6 is 15.9 Å². The Morgan fingerprint density at radius 2 is 2.00 bits per heavy atom. The summed E-state index contributed by atoms with van der Waals surface area (Å²) in [5.41, 5.74) is 2.32. The molecule has 0 amide bonds. The molecule has 0 unspecified atom stereocenters. The molecule has 1 rings (SSSR count). The summed E-state index contributed by atoms with van der Waals surface area (Å²) >= 11 is 3.43. The third-order valence-corrected chi connectivity index (χ3v) is 3.25. The van der Waals surface area contributed by atoms with E-state index in [-0.39, 0.29) is 0 Å². The Morgan fingerprint density at radius 3 is 2.67 bits per heavy atom. The number of benzene rings is 1. The van der Waals surface area contributed by atoms with E-state index in [9.17, 15) is 5.11 Å². The molecule has 0 heterocycles. The minimum atomic E-state index is 0.441. The first kappa shape index (κ1) is 12.6. The number of aromatic hydroxyl groups is 1. The van der Waals surface area contributed by atoms with Crippen LogP contribution in [0.1, 0.15) is 43.7 Å². The molecule has 0 aliphatic heterocycles. The summed E-state index contributed by atoms with van der Waals surface area (Å²) in [7, 11) is 0. The topological polar surface area (TPSA) is 20.2 Å². The number of aryl methyl sites for hydroxylation is 1. The van der Waals surface area contributed by atoms with E-state index in [1.807, 2.05) is 6.07 Å². The van der Waals surface area contributed by atoms with Gasteiger partial charge in [0.15, 0.2) is 0 Å². The Labute approximate surface area is 101 Å². The summed E-state index contributed by atoms with van der Waals surface area (Å²) in [5.74, 6) is 0.441. The molecule has 0 fully saturated rings. The first-order chi connectivity index (χ1) is 7.27. The van der Waals surface area contributed by atoms with Gasteiger partial charge in [0, 0.05) is 5.33 Å². The fourth-order valence-electron chi connectivity index (χ4n) is 1.66. The highest BCUT2D eigenvalue weighted by atomic mass is 79.9. The molecule has 0 saturated carbocycles. The third kappa shape index (κ3) is 4.25. The van der Waals surface area contributed by atoms with Gasteiger partial charge in [-0.05, 0) is 30.0 Å². The zero-order valence-electron chi connectivity index (χ0n) is 9.30. The fourth-order valence-corrected chi connectivity index (χ4v) is 2.01. The Morgan fingerprint density at radius 1 is 1.20 bits per heavy atom. The van der Waals surface area contributed by atoms with Gasteiger partial charge in [-0.3, -0.25) is 0 Å². The monoisotopic (exact) mass is 270 g/mol. The highest BCUT2D eigenvalue weighted by Gasteiger charge is 2.02. The number of hydrogen-bond donors (Lipinski definition) is 1. The maximum atomic E-state index is 9.67. The van der Waals surface area contributed by atoms with Crippen LogP contribution in [0.5, 0.6) is 5.75 Å². The van der Waals surface area contributed by atoms with Crippen LogP contribution in [-0.2, 0) is 11.8 Å². The normalized spacial score (nSPS) is 10.5. The molecule has 0 radical (unpaired) electrons. The molecular formula is C13H19BrO. The summed E-state index contributed by atoms with van der Waals surface area (Å²) in [6, 6.07) is 5.85. The third-order valence-electron chi connectivity index (χ3n) is 2.60. The molecule has 1 N–H and O–H groups in total. The van der Waals surface area contributed by atoms with Gasteiger partial charge in [0.25, 0.3) is 0 Å². The molecule has 0 bridgehead atoms. The SMILES string of the molecule is CCCCCCc1cc(CBr)ccc1O. The van der Waals surface area contributed by atoms with Crippen molar-refractivity contribution in [1.29, 1.82) is 0 Å². The van der Waals surface area contributed by atoms with Crippen molar-refractivity contribution in [3.63, 3.8) is 0 Å². The quantitative estimate of drug-likeness (QED) is 0.600. The maximum Gasteiger partial charge on any atom is 0.118 e. The van der Waals surface area contributed by atoms with E-state index in [0.29, 0.717) is 5.75 Å². The van der Waals surface area contributed by atoms with Crippen molar-refractivity contribution < 1.29 is 5.11 Å². The van der Waals surface area contributed by atoms with Gasteiger partial charge in [0.1, 0.15) is 5.75 Å². The van der Waals surface area contributed by atoms with Crippen molar-refractivity contribution in [2.24, 2.45) is 0 Å². The summed E-state index contributed by atoms with van der Waals surface area (Å²) < 4.78 is 0. The van der Waals surface area contributed by atoms with Crippen molar-refractivity contribution in [2.75, 3.05) is 0 Å². The Bertz CT molecular complexity index is 297. The predicted molar refractivity (Wildman–Crippen MR) is 68.6 cm³/mol. The van der Waals surface area contributed by atoms with E-state index in [4.69, 9.17) is 0 Å². The van der Waals surface area contributed by atoms with Gasteiger partial charge >= 0.3 is 0 Å². The summed E-state index contributed by atoms with van der Waals surface area (Å²) in [6.45, 7) is 2.21. The first-order valence-electron chi connectivity index (χ1n) is 5.64. The molecule has 1 aromatic rings. The Hall–Kier alpha value is -0.500. The average molecular weight is 271 g/mol. The lowest BCUT2D eigenvalue weighted by Crippen LogP contribution is -1.89. The molecule has 0 aromatic heterocycles. The second-order valence-electron chi connectivity index (χ2n) is 3.91. The second-order valence-corrected chi connectivity index (χ2v) is 4.47.